The summed E-state index contributed by atoms with van der Waals surface area (Å²) < 4.78 is 12.4. The van der Waals surface area contributed by atoms with E-state index in [1.807, 2.05) is 41.5 Å². The lowest BCUT2D eigenvalue weighted by molar-refractivity contribution is -0.428. The highest BCUT2D eigenvalue weighted by molar-refractivity contribution is 5.84. The second-order valence-corrected chi connectivity index (χ2v) is 11.4. The van der Waals surface area contributed by atoms with Gasteiger partial charge in [0.25, 0.3) is 0 Å². The lowest BCUT2D eigenvalue weighted by Crippen LogP contribution is -2.68. The van der Waals surface area contributed by atoms with Crippen molar-refractivity contribution in [3.8, 4) is 0 Å². The summed E-state index contributed by atoms with van der Waals surface area (Å²) in [5.41, 5.74) is -3.42. The molecular formula is C20H30N2O6. The third-order valence-electron chi connectivity index (χ3n) is 7.10. The SMILES string of the molecule is CC(C)(C)C(=O)N1C[C@@]2(O)O[C@@]34CC3N(C(=O)C(C)(C)C)C[C@]4(O)O[C@]23CC13. The molecule has 28 heavy (non-hydrogen) atoms. The molecule has 5 aliphatic rings. The first-order valence-corrected chi connectivity index (χ1v) is 10.1. The summed E-state index contributed by atoms with van der Waals surface area (Å²) in [6.07, 6.45) is 0.836. The van der Waals surface area contributed by atoms with E-state index in [1.165, 1.54) is 0 Å². The van der Waals surface area contributed by atoms with Gasteiger partial charge in [0.05, 0.1) is 25.2 Å². The Morgan fingerprint density at radius 1 is 0.786 bits per heavy atom. The predicted octanol–water partition coefficient (Wildman–Crippen LogP) is 0.209. The minimum absolute atomic E-state index is 0.0194. The molecule has 3 heterocycles. The number of β-amino-alcohol motifs (C(OH)–C–C–N with tert-alkyl or cyclic N) is 2. The summed E-state index contributed by atoms with van der Waals surface area (Å²) in [6, 6.07) is -0.648. The number of piperidine rings is 2. The van der Waals surface area contributed by atoms with Crippen LogP contribution in [0.2, 0.25) is 0 Å². The standard InChI is InChI=1S/C20H30N2O6/c1-15(2,3)13(23)21-9-19(25)17(7-11(17)21)27-20(26)10-22(14(24)16(4,5)6)12-8-18(12,20)28-19/h11-12,25-26H,7-10H2,1-6H3/t11?,12?,17-,18-,19-,20+/m0/s1. The van der Waals surface area contributed by atoms with E-state index in [9.17, 15) is 19.8 Å². The summed E-state index contributed by atoms with van der Waals surface area (Å²) in [4.78, 5) is 29.0. The Labute approximate surface area is 164 Å². The second kappa shape index (κ2) is 4.58. The van der Waals surface area contributed by atoms with Crippen LogP contribution in [0.3, 0.4) is 0 Å². The highest BCUT2D eigenvalue weighted by Crippen LogP contribution is 2.71. The van der Waals surface area contributed by atoms with Gasteiger partial charge in [-0.05, 0) is 0 Å². The topological polar surface area (TPSA) is 99.5 Å². The number of hydrogen-bond donors (Lipinski definition) is 2. The Morgan fingerprint density at radius 3 is 1.39 bits per heavy atom. The van der Waals surface area contributed by atoms with Crippen LogP contribution in [0.4, 0.5) is 0 Å². The van der Waals surface area contributed by atoms with Gasteiger partial charge in [-0.3, -0.25) is 9.59 Å². The highest BCUT2D eigenvalue weighted by atomic mass is 16.8. The van der Waals surface area contributed by atoms with Crippen molar-refractivity contribution in [1.29, 1.82) is 0 Å². The molecule has 2 N–H and O–H groups in total. The number of carbonyl (C=O) groups excluding carboxylic acids is 2. The number of ether oxygens (including phenoxy) is 2. The van der Waals surface area contributed by atoms with Gasteiger partial charge in [0, 0.05) is 23.7 Å². The van der Waals surface area contributed by atoms with E-state index >= 15 is 0 Å². The molecule has 8 nitrogen and oxygen atoms in total. The van der Waals surface area contributed by atoms with E-state index in [0.717, 1.165) is 0 Å². The molecule has 3 aliphatic heterocycles. The predicted molar refractivity (Wildman–Crippen MR) is 96.7 cm³/mol. The Bertz CT molecular complexity index is 731. The van der Waals surface area contributed by atoms with E-state index in [0.29, 0.717) is 12.8 Å². The van der Waals surface area contributed by atoms with Gasteiger partial charge in [-0.1, -0.05) is 41.5 Å². The van der Waals surface area contributed by atoms with Gasteiger partial charge >= 0.3 is 0 Å². The van der Waals surface area contributed by atoms with Crippen molar-refractivity contribution >= 4 is 11.8 Å². The molecule has 6 atom stereocenters. The molecule has 2 unspecified atom stereocenters. The van der Waals surface area contributed by atoms with E-state index in [4.69, 9.17) is 9.47 Å². The summed E-state index contributed by atoms with van der Waals surface area (Å²) in [7, 11) is 0. The van der Waals surface area contributed by atoms with Gasteiger partial charge < -0.3 is 29.5 Å². The molecule has 5 rings (SSSR count). The molecule has 3 saturated heterocycles. The van der Waals surface area contributed by atoms with Gasteiger partial charge in [-0.15, -0.1) is 0 Å². The van der Waals surface area contributed by atoms with Crippen LogP contribution in [0, 0.1) is 10.8 Å². The van der Waals surface area contributed by atoms with Crippen LogP contribution in [0.1, 0.15) is 54.4 Å². The average Bonchev–Trinajstić information content (AvgIpc) is 3.38. The van der Waals surface area contributed by atoms with E-state index in [1.54, 1.807) is 9.80 Å². The highest BCUT2D eigenvalue weighted by Gasteiger charge is 2.91. The molecular weight excluding hydrogens is 364 g/mol. The zero-order chi connectivity index (χ0) is 20.7. The number of carbonyl (C=O) groups is 2. The largest absolute Gasteiger partial charge is 0.362 e. The lowest BCUT2D eigenvalue weighted by atomic mass is 9.94. The third-order valence-corrected chi connectivity index (χ3v) is 7.10. The minimum Gasteiger partial charge on any atom is -0.362 e. The maximum atomic E-state index is 12.8. The van der Waals surface area contributed by atoms with E-state index < -0.39 is 33.6 Å². The van der Waals surface area contributed by atoms with Crippen LogP contribution < -0.4 is 0 Å². The van der Waals surface area contributed by atoms with Gasteiger partial charge in [0.15, 0.2) is 0 Å². The number of rotatable bonds is 0. The fourth-order valence-electron chi connectivity index (χ4n) is 5.48. The molecule has 2 saturated carbocycles. The molecule has 8 heteroatoms. The Morgan fingerprint density at radius 2 is 1.11 bits per heavy atom. The molecule has 5 fully saturated rings. The molecule has 0 aromatic carbocycles. The maximum absolute atomic E-state index is 12.8. The number of nitrogens with zero attached hydrogens (tertiary/aromatic N) is 2. The molecule has 156 valence electrons. The number of hydrogen-bond acceptors (Lipinski definition) is 6. The Hall–Kier alpha value is -1.22. The molecule has 0 aromatic rings. The molecule has 0 radical (unpaired) electrons. The lowest BCUT2D eigenvalue weighted by Gasteiger charge is -2.48. The summed E-state index contributed by atoms with van der Waals surface area (Å²) >= 11 is 0. The van der Waals surface area contributed by atoms with Crippen molar-refractivity contribution in [3.63, 3.8) is 0 Å². The van der Waals surface area contributed by atoms with Crippen molar-refractivity contribution in [1.82, 2.24) is 9.80 Å². The zero-order valence-corrected chi connectivity index (χ0v) is 17.4. The first-order valence-electron chi connectivity index (χ1n) is 10.1. The van der Waals surface area contributed by atoms with Crippen molar-refractivity contribution < 1.29 is 29.3 Å². The molecule has 2 spiro atoms. The van der Waals surface area contributed by atoms with Crippen LogP contribution in [0.25, 0.3) is 0 Å². The minimum atomic E-state index is -1.67. The van der Waals surface area contributed by atoms with E-state index in [2.05, 4.69) is 0 Å². The molecule has 0 bridgehead atoms. The van der Waals surface area contributed by atoms with Crippen molar-refractivity contribution in [2.24, 2.45) is 10.8 Å². The Balaban J connectivity index is 1.46. The zero-order valence-electron chi connectivity index (χ0n) is 17.4. The number of amides is 2. The Kier molecular flexibility index (Phi) is 3.07. The summed E-state index contributed by atoms with van der Waals surface area (Å²) in [5, 5.41) is 22.8. The van der Waals surface area contributed by atoms with Gasteiger partial charge in [0.2, 0.25) is 23.4 Å². The smallest absolute Gasteiger partial charge is 0.228 e. The molecule has 2 amide bonds. The first-order chi connectivity index (χ1) is 12.6. The van der Waals surface area contributed by atoms with Crippen molar-refractivity contribution in [3.05, 3.63) is 0 Å². The fraction of sp³-hybridized carbons (Fsp3) is 0.900. The van der Waals surface area contributed by atoms with Gasteiger partial charge in [-0.2, -0.15) is 0 Å². The number of likely N-dealkylation sites (tertiary alicyclic amines) is 2. The second-order valence-electron chi connectivity index (χ2n) is 11.4. The average molecular weight is 394 g/mol. The summed E-state index contributed by atoms with van der Waals surface area (Å²) in [6.45, 7) is 11.1. The van der Waals surface area contributed by atoms with Crippen molar-refractivity contribution in [2.45, 2.75) is 89.2 Å². The van der Waals surface area contributed by atoms with E-state index in [-0.39, 0.29) is 37.0 Å². The van der Waals surface area contributed by atoms with Crippen LogP contribution in [-0.2, 0) is 19.1 Å². The normalized spacial score (nSPS) is 48.6. The maximum Gasteiger partial charge on any atom is 0.228 e. The first kappa shape index (κ1) is 18.8. The molecule has 0 aromatic heterocycles. The monoisotopic (exact) mass is 394 g/mol. The quantitative estimate of drug-likeness (QED) is 0.609. The number of aliphatic hydroxyl groups is 2. The fourth-order valence-corrected chi connectivity index (χ4v) is 5.48. The van der Waals surface area contributed by atoms with Crippen molar-refractivity contribution in [2.75, 3.05) is 13.1 Å². The van der Waals surface area contributed by atoms with Crippen LogP contribution in [0.15, 0.2) is 0 Å². The van der Waals surface area contributed by atoms with Crippen LogP contribution in [0.5, 0.6) is 0 Å². The molecule has 2 aliphatic carbocycles. The third kappa shape index (κ3) is 1.95. The van der Waals surface area contributed by atoms with Gasteiger partial charge in [-0.25, -0.2) is 0 Å². The summed E-state index contributed by atoms with van der Waals surface area (Å²) in [5.74, 6) is -3.48. The van der Waals surface area contributed by atoms with Crippen LogP contribution in [-0.4, -0.2) is 79.8 Å². The van der Waals surface area contributed by atoms with Crippen LogP contribution >= 0.6 is 0 Å². The van der Waals surface area contributed by atoms with Gasteiger partial charge in [0.1, 0.15) is 11.2 Å².